The summed E-state index contributed by atoms with van der Waals surface area (Å²) < 4.78 is 11.0. The molecule has 0 radical (unpaired) electrons. The van der Waals surface area contributed by atoms with Gasteiger partial charge >= 0.3 is 0 Å². The molecule has 0 bridgehead atoms. The summed E-state index contributed by atoms with van der Waals surface area (Å²) in [5.74, 6) is -1.26. The van der Waals surface area contributed by atoms with Crippen LogP contribution in [0.4, 0.5) is 0 Å². The Balaban J connectivity index is 2.02. The molecule has 2 fully saturated rings. The van der Waals surface area contributed by atoms with E-state index in [0.717, 1.165) is 19.3 Å². The van der Waals surface area contributed by atoms with Crippen molar-refractivity contribution in [3.05, 3.63) is 0 Å². The molecule has 0 aromatic heterocycles. The fourth-order valence-corrected chi connectivity index (χ4v) is 2.69. The Morgan fingerprint density at radius 3 is 2.37 bits per heavy atom. The number of nitrogens with two attached hydrogens (primary N) is 2. The molecule has 0 aromatic rings. The second-order valence-corrected chi connectivity index (χ2v) is 5.46. The Morgan fingerprint density at radius 2 is 1.79 bits per heavy atom. The average Bonchev–Trinajstić information content (AvgIpc) is 2.40. The molecular weight excluding hydrogens is 252 g/mol. The van der Waals surface area contributed by atoms with Crippen LogP contribution in [-0.4, -0.2) is 58.3 Å². The summed E-state index contributed by atoms with van der Waals surface area (Å²) in [6, 6.07) is -0.913. The molecule has 19 heavy (non-hydrogen) atoms. The van der Waals surface area contributed by atoms with Crippen LogP contribution in [0.5, 0.6) is 0 Å². The molecule has 7 nitrogen and oxygen atoms in total. The molecule has 0 amide bonds. The summed E-state index contributed by atoms with van der Waals surface area (Å²) in [7, 11) is 0. The Bertz CT molecular complexity index is 296. The standard InChI is InChI=1S/C12H24N2O5/c13-6-7-9(15)10(16)8(14)11(18-7)19-12(17)4-2-1-3-5-12/h7-11,15-17H,1-6,13-14H2/t7-,8-,9-,10-,11-/m1/s1. The van der Waals surface area contributed by atoms with Gasteiger partial charge in [-0.2, -0.15) is 0 Å². The first kappa shape index (κ1) is 15.1. The van der Waals surface area contributed by atoms with Crippen LogP contribution in [0.2, 0.25) is 0 Å². The Labute approximate surface area is 112 Å². The van der Waals surface area contributed by atoms with Crippen LogP contribution >= 0.6 is 0 Å². The number of aliphatic hydroxyl groups is 3. The summed E-state index contributed by atoms with van der Waals surface area (Å²) >= 11 is 0. The van der Waals surface area contributed by atoms with Gasteiger partial charge in [0.15, 0.2) is 12.1 Å². The van der Waals surface area contributed by atoms with Crippen molar-refractivity contribution >= 4 is 0 Å². The van der Waals surface area contributed by atoms with Crippen LogP contribution in [0.15, 0.2) is 0 Å². The largest absolute Gasteiger partial charge is 0.388 e. The SMILES string of the molecule is NC[C@H]1O[C@H](OC2(O)CCCCC2)[C@H](N)[C@@H](O)[C@@H]1O. The second-order valence-electron chi connectivity index (χ2n) is 5.46. The van der Waals surface area contributed by atoms with Crippen molar-refractivity contribution < 1.29 is 24.8 Å². The molecule has 112 valence electrons. The molecule has 2 rings (SSSR count). The minimum atomic E-state index is -1.26. The first-order valence-electron chi connectivity index (χ1n) is 6.84. The Morgan fingerprint density at radius 1 is 1.16 bits per heavy atom. The predicted octanol–water partition coefficient (Wildman–Crippen LogP) is -1.61. The van der Waals surface area contributed by atoms with Gasteiger partial charge in [-0.25, -0.2) is 0 Å². The van der Waals surface area contributed by atoms with E-state index in [4.69, 9.17) is 20.9 Å². The van der Waals surface area contributed by atoms with Crippen molar-refractivity contribution in [2.75, 3.05) is 6.54 Å². The van der Waals surface area contributed by atoms with Crippen molar-refractivity contribution in [3.8, 4) is 0 Å². The third kappa shape index (κ3) is 3.25. The minimum Gasteiger partial charge on any atom is -0.388 e. The molecule has 7 N–H and O–H groups in total. The zero-order chi connectivity index (χ0) is 14.0. The van der Waals surface area contributed by atoms with Crippen molar-refractivity contribution in [2.45, 2.75) is 68.5 Å². The third-order valence-corrected chi connectivity index (χ3v) is 3.95. The first-order valence-corrected chi connectivity index (χ1v) is 6.84. The van der Waals surface area contributed by atoms with E-state index in [0.29, 0.717) is 12.8 Å². The molecule has 0 spiro atoms. The van der Waals surface area contributed by atoms with E-state index in [2.05, 4.69) is 0 Å². The van der Waals surface area contributed by atoms with E-state index in [-0.39, 0.29) is 6.54 Å². The molecular formula is C12H24N2O5. The molecule has 1 aliphatic carbocycles. The molecule has 1 saturated carbocycles. The highest BCUT2D eigenvalue weighted by molar-refractivity contribution is 4.92. The van der Waals surface area contributed by atoms with Crippen molar-refractivity contribution in [3.63, 3.8) is 0 Å². The number of ether oxygens (including phenoxy) is 2. The van der Waals surface area contributed by atoms with Gasteiger partial charge in [0, 0.05) is 19.4 Å². The van der Waals surface area contributed by atoms with Crippen molar-refractivity contribution in [1.29, 1.82) is 0 Å². The topological polar surface area (TPSA) is 131 Å². The average molecular weight is 276 g/mol. The van der Waals surface area contributed by atoms with Crippen molar-refractivity contribution in [2.24, 2.45) is 11.5 Å². The zero-order valence-electron chi connectivity index (χ0n) is 10.9. The quantitative estimate of drug-likeness (QED) is 0.392. The highest BCUT2D eigenvalue weighted by Gasteiger charge is 2.46. The van der Waals surface area contributed by atoms with Gasteiger partial charge in [-0.15, -0.1) is 0 Å². The van der Waals surface area contributed by atoms with E-state index in [1.807, 2.05) is 0 Å². The third-order valence-electron chi connectivity index (χ3n) is 3.95. The smallest absolute Gasteiger partial charge is 0.179 e. The second kappa shape index (κ2) is 6.01. The summed E-state index contributed by atoms with van der Waals surface area (Å²) in [5.41, 5.74) is 11.3. The highest BCUT2D eigenvalue weighted by Crippen LogP contribution is 2.32. The van der Waals surface area contributed by atoms with Gasteiger partial charge in [0.05, 0.1) is 6.04 Å². The first-order chi connectivity index (χ1) is 8.97. The fraction of sp³-hybridized carbons (Fsp3) is 1.00. The van der Waals surface area contributed by atoms with Gasteiger partial charge in [-0.1, -0.05) is 6.42 Å². The lowest BCUT2D eigenvalue weighted by atomic mass is 9.93. The molecule has 0 unspecified atom stereocenters. The Kier molecular flexibility index (Phi) is 4.78. The van der Waals surface area contributed by atoms with Gasteiger partial charge < -0.3 is 36.3 Å². The van der Waals surface area contributed by atoms with Crippen LogP contribution in [0.3, 0.4) is 0 Å². The summed E-state index contributed by atoms with van der Waals surface area (Å²) in [6.07, 6.45) is -0.164. The van der Waals surface area contributed by atoms with Gasteiger partial charge in [-0.3, -0.25) is 0 Å². The Hall–Kier alpha value is -0.280. The predicted molar refractivity (Wildman–Crippen MR) is 66.8 cm³/mol. The van der Waals surface area contributed by atoms with Gasteiger partial charge in [0.2, 0.25) is 0 Å². The van der Waals surface area contributed by atoms with Gasteiger partial charge in [0.1, 0.15) is 18.3 Å². The number of rotatable bonds is 3. The van der Waals surface area contributed by atoms with E-state index in [9.17, 15) is 15.3 Å². The van der Waals surface area contributed by atoms with Crippen LogP contribution in [-0.2, 0) is 9.47 Å². The molecule has 2 aliphatic rings. The summed E-state index contributed by atoms with van der Waals surface area (Å²) in [6.45, 7) is 0.0449. The molecule has 1 aliphatic heterocycles. The van der Waals surface area contributed by atoms with E-state index < -0.39 is 36.4 Å². The van der Waals surface area contributed by atoms with Crippen LogP contribution < -0.4 is 11.5 Å². The van der Waals surface area contributed by atoms with E-state index in [1.54, 1.807) is 0 Å². The molecule has 5 atom stereocenters. The molecule has 0 aromatic carbocycles. The van der Waals surface area contributed by atoms with Crippen LogP contribution in [0.25, 0.3) is 0 Å². The molecule has 1 heterocycles. The molecule has 1 saturated heterocycles. The number of hydrogen-bond donors (Lipinski definition) is 5. The maximum atomic E-state index is 10.3. The van der Waals surface area contributed by atoms with E-state index in [1.165, 1.54) is 0 Å². The molecule has 7 heteroatoms. The lowest BCUT2D eigenvalue weighted by Gasteiger charge is -2.44. The highest BCUT2D eigenvalue weighted by atomic mass is 16.7. The zero-order valence-corrected chi connectivity index (χ0v) is 10.9. The van der Waals surface area contributed by atoms with Gasteiger partial charge in [0.25, 0.3) is 0 Å². The normalized spacial score (nSPS) is 43.1. The maximum absolute atomic E-state index is 10.3. The van der Waals surface area contributed by atoms with Gasteiger partial charge in [-0.05, 0) is 12.8 Å². The summed E-state index contributed by atoms with van der Waals surface area (Å²) in [5, 5.41) is 29.9. The minimum absolute atomic E-state index is 0.0449. The maximum Gasteiger partial charge on any atom is 0.179 e. The lowest BCUT2D eigenvalue weighted by Crippen LogP contribution is -2.64. The fourth-order valence-electron chi connectivity index (χ4n) is 2.69. The van der Waals surface area contributed by atoms with Crippen molar-refractivity contribution in [1.82, 2.24) is 0 Å². The van der Waals surface area contributed by atoms with Crippen LogP contribution in [0, 0.1) is 0 Å². The summed E-state index contributed by atoms with van der Waals surface area (Å²) in [4.78, 5) is 0. The monoisotopic (exact) mass is 276 g/mol. The van der Waals surface area contributed by atoms with Crippen LogP contribution in [0.1, 0.15) is 32.1 Å². The number of aliphatic hydroxyl groups excluding tert-OH is 2. The number of hydrogen-bond acceptors (Lipinski definition) is 7. The lowest BCUT2D eigenvalue weighted by molar-refractivity contribution is -0.342. The van der Waals surface area contributed by atoms with E-state index >= 15 is 0 Å².